The number of carbonyl (C=O) groups excluding carboxylic acids is 3. The average molecular weight is 327 g/mol. The molecular weight excluding hydrogens is 306 g/mol. The molecule has 1 aromatic carbocycles. The van der Waals surface area contributed by atoms with Crippen LogP contribution in [0, 0.1) is 20.8 Å². The van der Waals surface area contributed by atoms with E-state index in [-0.39, 0.29) is 11.6 Å². The number of aromatic nitrogens is 1. The first-order valence-electron chi connectivity index (χ1n) is 7.75. The molecule has 24 heavy (non-hydrogen) atoms. The van der Waals surface area contributed by atoms with Gasteiger partial charge in [0.25, 0.3) is 0 Å². The summed E-state index contributed by atoms with van der Waals surface area (Å²) in [5.74, 6) is -1.00. The molecule has 1 aromatic heterocycles. The van der Waals surface area contributed by atoms with Crippen molar-refractivity contribution in [2.75, 3.05) is 0 Å². The van der Waals surface area contributed by atoms with Gasteiger partial charge in [0.15, 0.2) is 11.9 Å². The summed E-state index contributed by atoms with van der Waals surface area (Å²) in [6.07, 6.45) is -0.950. The van der Waals surface area contributed by atoms with Crippen LogP contribution in [0.5, 0.6) is 0 Å². The maximum atomic E-state index is 12.6. The number of carbonyl (C=O) groups is 3. The summed E-state index contributed by atoms with van der Waals surface area (Å²) >= 11 is 0. The molecule has 1 heterocycles. The summed E-state index contributed by atoms with van der Waals surface area (Å²) in [6.45, 7) is 8.25. The van der Waals surface area contributed by atoms with Crippen LogP contribution in [0.4, 0.5) is 0 Å². The van der Waals surface area contributed by atoms with Crippen LogP contribution in [0.1, 0.15) is 61.9 Å². The normalized spacial score (nSPS) is 11.9. The predicted octanol–water partition coefficient (Wildman–Crippen LogP) is 3.57. The number of ketones is 2. The van der Waals surface area contributed by atoms with Crippen LogP contribution < -0.4 is 0 Å². The molecule has 0 unspecified atom stereocenters. The van der Waals surface area contributed by atoms with Crippen molar-refractivity contribution in [3.8, 4) is 0 Å². The second-order valence-electron chi connectivity index (χ2n) is 5.91. The maximum absolute atomic E-state index is 12.6. The number of hydrogen-bond acceptors (Lipinski definition) is 4. The number of aromatic amines is 1. The van der Waals surface area contributed by atoms with Gasteiger partial charge in [0.05, 0.1) is 11.3 Å². The molecule has 1 N–H and O–H groups in total. The second-order valence-corrected chi connectivity index (χ2v) is 5.91. The molecule has 0 saturated heterocycles. The van der Waals surface area contributed by atoms with E-state index in [4.69, 9.17) is 4.74 Å². The highest BCUT2D eigenvalue weighted by molar-refractivity contribution is 6.05. The lowest BCUT2D eigenvalue weighted by Crippen LogP contribution is -2.25. The predicted molar refractivity (Wildman–Crippen MR) is 90.7 cm³/mol. The van der Waals surface area contributed by atoms with Crippen molar-refractivity contribution in [3.05, 3.63) is 57.9 Å². The van der Waals surface area contributed by atoms with E-state index in [1.807, 2.05) is 6.07 Å². The Hall–Kier alpha value is -2.69. The Morgan fingerprint density at radius 1 is 1.08 bits per heavy atom. The van der Waals surface area contributed by atoms with Gasteiger partial charge in [-0.2, -0.15) is 0 Å². The minimum absolute atomic E-state index is 0.107. The third-order valence-corrected chi connectivity index (χ3v) is 4.05. The van der Waals surface area contributed by atoms with E-state index in [9.17, 15) is 14.4 Å². The van der Waals surface area contributed by atoms with Crippen LogP contribution in [0.15, 0.2) is 24.3 Å². The van der Waals surface area contributed by atoms with Crippen molar-refractivity contribution in [2.24, 2.45) is 0 Å². The number of nitrogens with one attached hydrogen (secondary N) is 1. The van der Waals surface area contributed by atoms with E-state index in [1.54, 1.807) is 39.0 Å². The summed E-state index contributed by atoms with van der Waals surface area (Å²) in [4.78, 5) is 39.4. The highest BCUT2D eigenvalue weighted by atomic mass is 16.5. The van der Waals surface area contributed by atoms with Gasteiger partial charge >= 0.3 is 5.97 Å². The van der Waals surface area contributed by atoms with E-state index in [0.29, 0.717) is 28.1 Å². The first kappa shape index (κ1) is 17.7. The van der Waals surface area contributed by atoms with Crippen molar-refractivity contribution in [1.29, 1.82) is 0 Å². The molecule has 1 atom stereocenters. The number of benzene rings is 1. The smallest absolute Gasteiger partial charge is 0.339 e. The highest BCUT2D eigenvalue weighted by Gasteiger charge is 2.26. The molecule has 0 spiro atoms. The molecule has 5 nitrogen and oxygen atoms in total. The van der Waals surface area contributed by atoms with Crippen LogP contribution in [0.2, 0.25) is 0 Å². The van der Waals surface area contributed by atoms with E-state index < -0.39 is 12.1 Å². The Morgan fingerprint density at radius 3 is 2.25 bits per heavy atom. The first-order valence-corrected chi connectivity index (χ1v) is 7.75. The molecule has 0 saturated carbocycles. The fraction of sp³-hybridized carbons (Fsp3) is 0.316. The van der Waals surface area contributed by atoms with Gasteiger partial charge in [-0.15, -0.1) is 0 Å². The standard InChI is InChI=1S/C19H21NO4/c1-10-8-6-7-9-15(10)19(23)24-14(5)18(22)17-11(2)16(13(4)21)12(3)20-17/h6-9,14,20H,1-5H3/t14-/m1/s1. The van der Waals surface area contributed by atoms with Gasteiger partial charge in [0.2, 0.25) is 5.78 Å². The zero-order valence-corrected chi connectivity index (χ0v) is 14.5. The van der Waals surface area contributed by atoms with Gasteiger partial charge in [0.1, 0.15) is 0 Å². The molecule has 0 radical (unpaired) electrons. The third-order valence-electron chi connectivity index (χ3n) is 4.05. The molecule has 0 aliphatic rings. The molecule has 0 aliphatic heterocycles. The maximum Gasteiger partial charge on any atom is 0.339 e. The van der Waals surface area contributed by atoms with E-state index >= 15 is 0 Å². The van der Waals surface area contributed by atoms with Gasteiger partial charge in [-0.05, 0) is 51.8 Å². The molecular formula is C19H21NO4. The number of esters is 1. The molecule has 0 fully saturated rings. The lowest BCUT2D eigenvalue weighted by molar-refractivity contribution is 0.0316. The fourth-order valence-corrected chi connectivity index (χ4v) is 2.81. The van der Waals surface area contributed by atoms with Gasteiger partial charge in [0, 0.05) is 11.3 Å². The van der Waals surface area contributed by atoms with Crippen LogP contribution in [-0.4, -0.2) is 28.6 Å². The van der Waals surface area contributed by atoms with Crippen molar-refractivity contribution >= 4 is 17.5 Å². The minimum Gasteiger partial charge on any atom is -0.451 e. The lowest BCUT2D eigenvalue weighted by atomic mass is 10.0. The molecule has 0 aliphatic carbocycles. The first-order chi connectivity index (χ1) is 11.2. The number of rotatable bonds is 5. The molecule has 0 bridgehead atoms. The summed E-state index contributed by atoms with van der Waals surface area (Å²) in [6, 6.07) is 7.04. The van der Waals surface area contributed by atoms with Crippen LogP contribution in [0.25, 0.3) is 0 Å². The number of H-pyrrole nitrogens is 1. The lowest BCUT2D eigenvalue weighted by Gasteiger charge is -2.13. The molecule has 5 heteroatoms. The van der Waals surface area contributed by atoms with E-state index in [2.05, 4.69) is 4.98 Å². The number of hydrogen-bond donors (Lipinski definition) is 1. The summed E-state index contributed by atoms with van der Waals surface area (Å²) in [5, 5.41) is 0. The zero-order valence-electron chi connectivity index (χ0n) is 14.5. The Morgan fingerprint density at radius 2 is 1.71 bits per heavy atom. The topological polar surface area (TPSA) is 76.2 Å². The van der Waals surface area contributed by atoms with Crippen molar-refractivity contribution in [3.63, 3.8) is 0 Å². The van der Waals surface area contributed by atoms with E-state index in [1.165, 1.54) is 13.8 Å². The van der Waals surface area contributed by atoms with Gasteiger partial charge in [-0.3, -0.25) is 9.59 Å². The van der Waals surface area contributed by atoms with Crippen molar-refractivity contribution in [2.45, 2.75) is 40.7 Å². The monoisotopic (exact) mass is 327 g/mol. The Balaban J connectivity index is 2.22. The van der Waals surface area contributed by atoms with Crippen LogP contribution in [0.3, 0.4) is 0 Å². The number of aryl methyl sites for hydroxylation is 2. The van der Waals surface area contributed by atoms with Crippen LogP contribution in [-0.2, 0) is 4.74 Å². The summed E-state index contributed by atoms with van der Waals surface area (Å²) in [7, 11) is 0. The van der Waals surface area contributed by atoms with Crippen molar-refractivity contribution in [1.82, 2.24) is 4.98 Å². The number of Topliss-reactive ketones (excluding diaryl/α,β-unsaturated/α-hetero) is 2. The molecule has 2 aromatic rings. The Kier molecular flexibility index (Phi) is 5.02. The van der Waals surface area contributed by atoms with E-state index in [0.717, 1.165) is 5.56 Å². The SMILES string of the molecule is CC(=O)c1c(C)[nH]c(C(=O)[C@@H](C)OC(=O)c2ccccc2C)c1C. The largest absolute Gasteiger partial charge is 0.451 e. The van der Waals surface area contributed by atoms with Gasteiger partial charge < -0.3 is 9.72 Å². The zero-order chi connectivity index (χ0) is 18.0. The van der Waals surface area contributed by atoms with Crippen LogP contribution >= 0.6 is 0 Å². The quantitative estimate of drug-likeness (QED) is 0.673. The van der Waals surface area contributed by atoms with Crippen molar-refractivity contribution < 1.29 is 19.1 Å². The average Bonchev–Trinajstić information content (AvgIpc) is 2.81. The van der Waals surface area contributed by atoms with Gasteiger partial charge in [-0.25, -0.2) is 4.79 Å². The highest BCUT2D eigenvalue weighted by Crippen LogP contribution is 2.21. The Labute approximate surface area is 141 Å². The number of ether oxygens (including phenoxy) is 1. The Bertz CT molecular complexity index is 817. The summed E-state index contributed by atoms with van der Waals surface area (Å²) < 4.78 is 5.30. The second kappa shape index (κ2) is 6.83. The molecule has 2 rings (SSSR count). The third kappa shape index (κ3) is 3.30. The summed E-state index contributed by atoms with van der Waals surface area (Å²) in [5.41, 5.74) is 3.26. The van der Waals surface area contributed by atoms with Gasteiger partial charge in [-0.1, -0.05) is 18.2 Å². The molecule has 0 amide bonds. The molecule has 126 valence electrons. The minimum atomic E-state index is -0.950. The fourth-order valence-electron chi connectivity index (χ4n) is 2.81.